The van der Waals surface area contributed by atoms with Crippen LogP contribution >= 0.6 is 0 Å². The fourth-order valence-electron chi connectivity index (χ4n) is 6.06. The van der Waals surface area contributed by atoms with Gasteiger partial charge in [-0.3, -0.25) is 4.79 Å². The number of rotatable bonds is 1. The number of nitrogens with zero attached hydrogens (tertiary/aromatic N) is 1. The van der Waals surface area contributed by atoms with Crippen molar-refractivity contribution >= 4 is 28.5 Å². The van der Waals surface area contributed by atoms with E-state index in [1.54, 1.807) is 0 Å². The van der Waals surface area contributed by atoms with E-state index in [9.17, 15) is 4.79 Å². The standard InChI is InChI=1S/C20H21NO.C14H13N/c22-18-9-5-8-17(14-18)21-19-10-3-1-6-15(19)12-13-16-7-2-4-11-20(16)21;1-3-7-13-11(5-1)9-10-12-6-2-4-8-14(12)15-13/h1-4,6-7,10-11,17H,5,8-9,12-14H2;1-8,15H,9-10H2. The molecular formula is C34H34N2O. The SMILES string of the molecule is O=C1CCCC(N2c3ccccc3CCc3ccccc32)C1.c1ccc2c(c1)CCc1ccccc1N2. The van der Waals surface area contributed by atoms with Crippen LogP contribution in [-0.4, -0.2) is 11.8 Å². The minimum Gasteiger partial charge on any atom is -0.355 e. The van der Waals surface area contributed by atoms with Crippen molar-refractivity contribution in [2.24, 2.45) is 0 Å². The number of anilines is 4. The molecule has 1 aliphatic carbocycles. The Bertz CT molecular complexity index is 1320. The highest BCUT2D eigenvalue weighted by Crippen LogP contribution is 2.40. The van der Waals surface area contributed by atoms with Gasteiger partial charge in [-0.1, -0.05) is 72.8 Å². The Hall–Kier alpha value is -3.85. The number of nitrogens with one attached hydrogen (secondary N) is 1. The Kier molecular flexibility index (Phi) is 6.77. The van der Waals surface area contributed by atoms with Gasteiger partial charge in [-0.25, -0.2) is 0 Å². The van der Waals surface area contributed by atoms with E-state index in [-0.39, 0.29) is 0 Å². The van der Waals surface area contributed by atoms with Gasteiger partial charge in [0, 0.05) is 41.6 Å². The third-order valence-electron chi connectivity index (χ3n) is 7.96. The normalized spacial score (nSPS) is 17.9. The van der Waals surface area contributed by atoms with E-state index in [0.29, 0.717) is 18.2 Å². The van der Waals surface area contributed by atoms with Crippen molar-refractivity contribution in [1.82, 2.24) is 0 Å². The van der Waals surface area contributed by atoms with Crippen molar-refractivity contribution in [3.63, 3.8) is 0 Å². The number of carbonyl (C=O) groups excluding carboxylic acids is 1. The molecule has 3 aliphatic rings. The first-order chi connectivity index (χ1) is 18.3. The first kappa shape index (κ1) is 23.5. The molecule has 37 heavy (non-hydrogen) atoms. The third-order valence-corrected chi connectivity index (χ3v) is 7.96. The van der Waals surface area contributed by atoms with Crippen LogP contribution in [0.1, 0.15) is 47.9 Å². The maximum absolute atomic E-state index is 12.0. The molecular weight excluding hydrogens is 452 g/mol. The van der Waals surface area contributed by atoms with E-state index in [4.69, 9.17) is 0 Å². The van der Waals surface area contributed by atoms with E-state index < -0.39 is 0 Å². The molecule has 1 atom stereocenters. The summed E-state index contributed by atoms with van der Waals surface area (Å²) in [6, 6.07) is 34.8. The Labute approximate surface area is 220 Å². The zero-order chi connectivity index (χ0) is 25.0. The maximum atomic E-state index is 12.0. The highest BCUT2D eigenvalue weighted by Gasteiger charge is 2.30. The highest BCUT2D eigenvalue weighted by atomic mass is 16.1. The summed E-state index contributed by atoms with van der Waals surface area (Å²) in [5, 5.41) is 3.50. The van der Waals surface area contributed by atoms with Crippen LogP contribution in [0.3, 0.4) is 0 Å². The molecule has 0 bridgehead atoms. The smallest absolute Gasteiger partial charge is 0.134 e. The molecule has 0 spiro atoms. The van der Waals surface area contributed by atoms with Gasteiger partial charge in [0.25, 0.3) is 0 Å². The molecule has 2 aliphatic heterocycles. The van der Waals surface area contributed by atoms with Crippen molar-refractivity contribution in [3.05, 3.63) is 119 Å². The van der Waals surface area contributed by atoms with Crippen LogP contribution in [0.4, 0.5) is 22.7 Å². The molecule has 0 radical (unpaired) electrons. The summed E-state index contributed by atoms with van der Waals surface area (Å²) >= 11 is 0. The lowest BCUT2D eigenvalue weighted by molar-refractivity contribution is -0.120. The van der Waals surface area contributed by atoms with Crippen molar-refractivity contribution in [2.45, 2.75) is 57.4 Å². The van der Waals surface area contributed by atoms with Gasteiger partial charge in [0.05, 0.1) is 0 Å². The zero-order valence-corrected chi connectivity index (χ0v) is 21.3. The summed E-state index contributed by atoms with van der Waals surface area (Å²) in [5.41, 5.74) is 10.7. The first-order valence-corrected chi connectivity index (χ1v) is 13.7. The minimum absolute atomic E-state index is 0.307. The Morgan fingerprint density at radius 2 is 1.03 bits per heavy atom. The molecule has 4 aromatic rings. The molecule has 0 saturated heterocycles. The van der Waals surface area contributed by atoms with Crippen molar-refractivity contribution < 1.29 is 4.79 Å². The van der Waals surface area contributed by atoms with Crippen molar-refractivity contribution in [1.29, 1.82) is 0 Å². The fourth-order valence-corrected chi connectivity index (χ4v) is 6.06. The molecule has 3 nitrogen and oxygen atoms in total. The molecule has 1 N–H and O–H groups in total. The molecule has 2 heterocycles. The molecule has 7 rings (SSSR count). The first-order valence-electron chi connectivity index (χ1n) is 13.7. The minimum atomic E-state index is 0.307. The van der Waals surface area contributed by atoms with Crippen LogP contribution in [-0.2, 0) is 30.5 Å². The molecule has 1 unspecified atom stereocenters. The van der Waals surface area contributed by atoms with Crippen LogP contribution in [0.5, 0.6) is 0 Å². The van der Waals surface area contributed by atoms with Crippen LogP contribution in [0.25, 0.3) is 0 Å². The molecule has 1 saturated carbocycles. The molecule has 0 amide bonds. The van der Waals surface area contributed by atoms with Gasteiger partial charge in [-0.15, -0.1) is 0 Å². The van der Waals surface area contributed by atoms with Gasteiger partial charge in [0.2, 0.25) is 0 Å². The predicted molar refractivity (Wildman–Crippen MR) is 153 cm³/mol. The van der Waals surface area contributed by atoms with E-state index >= 15 is 0 Å². The van der Waals surface area contributed by atoms with Crippen molar-refractivity contribution in [3.8, 4) is 0 Å². The largest absolute Gasteiger partial charge is 0.355 e. The van der Waals surface area contributed by atoms with Crippen LogP contribution in [0.2, 0.25) is 0 Å². The number of ketones is 1. The molecule has 1 fully saturated rings. The van der Waals surface area contributed by atoms with Gasteiger partial charge >= 0.3 is 0 Å². The summed E-state index contributed by atoms with van der Waals surface area (Å²) in [6.07, 6.45) is 7.96. The third kappa shape index (κ3) is 5.04. The molecule has 186 valence electrons. The Morgan fingerprint density at radius 3 is 1.57 bits per heavy atom. The molecule has 3 heteroatoms. The number of fused-ring (bicyclic) bond motifs is 4. The van der Waals surface area contributed by atoms with E-state index in [2.05, 4.69) is 107 Å². The lowest BCUT2D eigenvalue weighted by Crippen LogP contribution is -2.36. The second-order valence-corrected chi connectivity index (χ2v) is 10.4. The molecule has 4 aromatic carbocycles. The Balaban J connectivity index is 0.000000146. The fraction of sp³-hybridized carbons (Fsp3) is 0.265. The number of hydrogen-bond donors (Lipinski definition) is 1. The average molecular weight is 487 g/mol. The van der Waals surface area contributed by atoms with Gasteiger partial charge in [-0.05, 0) is 85.0 Å². The topological polar surface area (TPSA) is 32.3 Å². The number of hydrogen-bond acceptors (Lipinski definition) is 3. The summed E-state index contributed by atoms with van der Waals surface area (Å²) in [4.78, 5) is 14.5. The van der Waals surface area contributed by atoms with E-state index in [1.807, 2.05) is 0 Å². The number of para-hydroxylation sites is 4. The van der Waals surface area contributed by atoms with E-state index in [1.165, 1.54) is 45.0 Å². The summed E-state index contributed by atoms with van der Waals surface area (Å²) in [5.74, 6) is 0.412. The maximum Gasteiger partial charge on any atom is 0.134 e. The second-order valence-electron chi connectivity index (χ2n) is 10.4. The van der Waals surface area contributed by atoms with Crippen LogP contribution in [0.15, 0.2) is 97.1 Å². The van der Waals surface area contributed by atoms with Gasteiger partial charge in [0.15, 0.2) is 0 Å². The van der Waals surface area contributed by atoms with Gasteiger partial charge in [-0.2, -0.15) is 0 Å². The van der Waals surface area contributed by atoms with Gasteiger partial charge < -0.3 is 10.2 Å². The van der Waals surface area contributed by atoms with Crippen molar-refractivity contribution in [2.75, 3.05) is 10.2 Å². The summed E-state index contributed by atoms with van der Waals surface area (Å²) < 4.78 is 0. The number of Topliss-reactive ketones (excluding diaryl/α,β-unsaturated/α-hetero) is 1. The van der Waals surface area contributed by atoms with E-state index in [0.717, 1.165) is 44.9 Å². The highest BCUT2D eigenvalue weighted by molar-refractivity contribution is 5.82. The number of benzene rings is 4. The average Bonchev–Trinajstić information content (AvgIpc) is 3.23. The molecule has 0 aromatic heterocycles. The Morgan fingerprint density at radius 1 is 0.568 bits per heavy atom. The van der Waals surface area contributed by atoms with Crippen LogP contribution in [0, 0.1) is 0 Å². The summed E-state index contributed by atoms with van der Waals surface area (Å²) in [6.45, 7) is 0. The monoisotopic (exact) mass is 486 g/mol. The van der Waals surface area contributed by atoms with Gasteiger partial charge in [0.1, 0.15) is 5.78 Å². The second kappa shape index (κ2) is 10.6. The lowest BCUT2D eigenvalue weighted by atomic mass is 9.92. The zero-order valence-electron chi connectivity index (χ0n) is 21.3. The van der Waals surface area contributed by atoms with Crippen LogP contribution < -0.4 is 10.2 Å². The number of carbonyl (C=O) groups is 1. The predicted octanol–water partition coefficient (Wildman–Crippen LogP) is 7.96. The lowest BCUT2D eigenvalue weighted by Gasteiger charge is -2.36. The summed E-state index contributed by atoms with van der Waals surface area (Å²) in [7, 11) is 0. The number of aryl methyl sites for hydroxylation is 4. The quantitative estimate of drug-likeness (QED) is 0.296.